The van der Waals surface area contributed by atoms with Gasteiger partial charge in [-0.3, -0.25) is 14.4 Å². The van der Waals surface area contributed by atoms with E-state index >= 15 is 0 Å². The van der Waals surface area contributed by atoms with Gasteiger partial charge in [0.15, 0.2) is 0 Å². The van der Waals surface area contributed by atoms with Crippen molar-refractivity contribution in [1.82, 2.24) is 0 Å². The van der Waals surface area contributed by atoms with Crippen LogP contribution in [0.2, 0.25) is 0 Å². The molecule has 0 saturated heterocycles. The third kappa shape index (κ3) is 74.7. The maximum absolute atomic E-state index is 11.7. The third-order valence-electron chi connectivity index (χ3n) is 21.2. The number of hydrogen-bond acceptors (Lipinski definition) is 21. The first-order chi connectivity index (χ1) is 72.0. The summed E-state index contributed by atoms with van der Waals surface area (Å²) in [5, 5.41) is 48.4. The summed E-state index contributed by atoms with van der Waals surface area (Å²) in [6.07, 6.45) is 24.7. The smallest absolute Gasteiger partial charge is 0.331 e. The summed E-state index contributed by atoms with van der Waals surface area (Å²) in [5.74, 6) is -1.10. The molecular formula is C122H208Ac3N8O17. The van der Waals surface area contributed by atoms with Crippen molar-refractivity contribution in [3.8, 4) is 0 Å². The summed E-state index contributed by atoms with van der Waals surface area (Å²) in [4.78, 5) is 77.6. The van der Waals surface area contributed by atoms with Crippen LogP contribution in [-0.2, 0) is 104 Å². The maximum Gasteiger partial charge on any atom is 0.331 e. The van der Waals surface area contributed by atoms with Crippen molar-refractivity contribution < 1.29 is 215 Å². The minimum absolute atomic E-state index is 0. The van der Waals surface area contributed by atoms with E-state index in [4.69, 9.17) is 30.6 Å². The minimum Gasteiger partial charge on any atom is -0.480 e. The molecule has 0 atom stereocenters. The number of carboxylic acids is 1. The number of nitrogens with zero attached hydrogens (tertiary/aromatic N) is 6. The molecule has 0 fully saturated rings. The van der Waals surface area contributed by atoms with Gasteiger partial charge in [0.25, 0.3) is 0 Å². The SMILES string of the molecule is CC.CC.CC.CC.CC.CC.CC.CC.CCCN1C(=O)CCc2ccccc21.CCCN1CCCc2ccccc21.CCCN1CCCc2ccccc21.CCCN1CCCc2ccccc21.CCCN1CCCc2ccccc21.CCCN1CCCc2ccccc21.CO.CO.CO.CO.CO.COCC(=O)O.COCC(=O)OC.COCC(=O)OC.O=C1CCc2ccccc2N1.O=C1CCc2ccccc2N1.[Ac].[Ac].[Ac]. The zero-order valence-corrected chi connectivity index (χ0v) is 114. The van der Waals surface area contributed by atoms with Gasteiger partial charge < -0.3 is 94.4 Å². The van der Waals surface area contributed by atoms with E-state index in [9.17, 15) is 28.8 Å². The number of anilines is 8. The first-order valence-electron chi connectivity index (χ1n) is 54.4. The molecule has 8 aromatic rings. The third-order valence-corrected chi connectivity index (χ3v) is 21.2. The Kier molecular flexibility index (Phi) is 136. The van der Waals surface area contributed by atoms with Crippen molar-refractivity contribution in [2.24, 2.45) is 0 Å². The second-order valence-corrected chi connectivity index (χ2v) is 30.5. The fraction of sp³-hybridized carbons (Fsp3) is 0.557. The predicted molar refractivity (Wildman–Crippen MR) is 629 cm³/mol. The molecule has 28 heteroatoms. The average Bonchev–Trinajstić information content (AvgIpc) is 0.800. The number of carbonyl (C=O) groups is 6. The number of para-hydroxylation sites is 8. The van der Waals surface area contributed by atoms with Crippen molar-refractivity contribution in [3.63, 3.8) is 0 Å². The van der Waals surface area contributed by atoms with Gasteiger partial charge in [-0.2, -0.15) is 0 Å². The summed E-state index contributed by atoms with van der Waals surface area (Å²) in [7, 11) is 11.9. The number of rotatable bonds is 18. The molecule has 3 amide bonds. The van der Waals surface area contributed by atoms with Crippen molar-refractivity contribution in [2.75, 3.05) is 203 Å². The van der Waals surface area contributed by atoms with E-state index in [0.29, 0.717) is 19.3 Å². The number of fused-ring (bicyclic) bond motifs is 8. The van der Waals surface area contributed by atoms with E-state index in [1.165, 1.54) is 270 Å². The molecule has 150 heavy (non-hydrogen) atoms. The van der Waals surface area contributed by atoms with E-state index in [1.807, 2.05) is 170 Å². The molecule has 8 heterocycles. The second-order valence-electron chi connectivity index (χ2n) is 30.5. The zero-order chi connectivity index (χ0) is 113. The number of hydrogen-bond donors (Lipinski definition) is 8. The van der Waals surface area contributed by atoms with Crippen molar-refractivity contribution in [1.29, 1.82) is 0 Å². The molecule has 0 spiro atoms. The fourth-order valence-corrected chi connectivity index (χ4v) is 15.7. The molecule has 8 aliphatic rings. The number of benzene rings is 8. The molecule has 8 aromatic carbocycles. The summed E-state index contributed by atoms with van der Waals surface area (Å²) >= 11 is 0. The summed E-state index contributed by atoms with van der Waals surface area (Å²) in [5.41, 5.74) is 21.8. The Morgan fingerprint density at radius 3 is 0.647 bits per heavy atom. The topological polar surface area (TPSA) is 313 Å². The molecule has 0 aromatic heterocycles. The first kappa shape index (κ1) is 166. The Morgan fingerprint density at radius 2 is 0.453 bits per heavy atom. The van der Waals surface area contributed by atoms with Gasteiger partial charge in [0.05, 0.1) is 14.2 Å². The van der Waals surface area contributed by atoms with Gasteiger partial charge in [-0.05, 0) is 215 Å². The molecular weight excluding hydrogens is 2530 g/mol. The first-order valence-corrected chi connectivity index (χ1v) is 54.4. The number of aliphatic hydroxyl groups excluding tert-OH is 5. The van der Waals surface area contributed by atoms with Gasteiger partial charge in [0, 0.05) is 326 Å². The summed E-state index contributed by atoms with van der Waals surface area (Å²) in [6, 6.07) is 68.1. The van der Waals surface area contributed by atoms with E-state index in [2.05, 4.69) is 240 Å². The molecule has 25 nitrogen and oxygen atoms in total. The van der Waals surface area contributed by atoms with E-state index in [-0.39, 0.29) is 182 Å². The van der Waals surface area contributed by atoms with Crippen molar-refractivity contribution in [2.45, 2.75) is 294 Å². The van der Waals surface area contributed by atoms with Crippen LogP contribution < -0.4 is 40.0 Å². The Bertz CT molecular complexity index is 3940. The van der Waals surface area contributed by atoms with Crippen LogP contribution in [0.3, 0.4) is 0 Å². The van der Waals surface area contributed by atoms with Crippen molar-refractivity contribution >= 4 is 81.1 Å². The number of carboxylic acid groups (broad SMARTS) is 1. The van der Waals surface area contributed by atoms with E-state index < -0.39 is 5.97 Å². The van der Waals surface area contributed by atoms with Gasteiger partial charge >= 0.3 is 17.9 Å². The Hall–Kier alpha value is -6.42. The molecule has 8 N–H and O–H groups in total. The molecule has 0 bridgehead atoms. The fourth-order valence-electron chi connectivity index (χ4n) is 15.7. The minimum atomic E-state index is -0.933. The molecule has 16 rings (SSSR count). The van der Waals surface area contributed by atoms with Gasteiger partial charge in [0.1, 0.15) is 19.8 Å². The number of ether oxygens (including phenoxy) is 5. The second kappa shape index (κ2) is 123. The zero-order valence-electron chi connectivity index (χ0n) is 99.5. The van der Waals surface area contributed by atoms with Crippen LogP contribution in [0.25, 0.3) is 0 Å². The largest absolute Gasteiger partial charge is 0.480 e. The van der Waals surface area contributed by atoms with Crippen LogP contribution in [0.4, 0.5) is 45.5 Å². The monoisotopic (exact) mass is 2740 g/mol. The van der Waals surface area contributed by atoms with Crippen LogP contribution in [0.5, 0.6) is 0 Å². The van der Waals surface area contributed by atoms with Crippen LogP contribution in [0.1, 0.15) is 287 Å². The quantitative estimate of drug-likeness (QED) is 0.0370. The Balaban J connectivity index is -0.000000155. The molecule has 0 saturated carbocycles. The predicted octanol–water partition coefficient (Wildman–Crippen LogP) is 25.3. The van der Waals surface area contributed by atoms with Gasteiger partial charge in [-0.15, -0.1) is 0 Å². The standard InChI is InChI=1S/C12H15NO.5C12H17N.2C9H9NO.2C4H8O3.C3H6O3.8C2H6.5CH4O.3Ac/c1-2-9-13-11-6-4-3-5-10(11)7-8-12(13)14;5*1-2-9-13-10-5-7-11-6-3-4-8-12(11)13;2*11-9-6-5-7-3-1-2-4-8(7)10-9;2*1-6-3-4(5)7-2;1-6-2-3(4)5;13*1-2;;;/h3-6H,2,7-9H2,1H3;5*3-4,6,8H,2,5,7,9-10H2,1H3;2*1-4H,5-6H2,(H,10,11);2*3H2,1-2H3;2H2,1H3,(H,4,5);8*1-2H3;5*2H,1H3;;;. The van der Waals surface area contributed by atoms with Gasteiger partial charge in [-0.1, -0.05) is 298 Å². The van der Waals surface area contributed by atoms with Gasteiger partial charge in [0.2, 0.25) is 17.7 Å². The molecule has 3 radical (unpaired) electrons. The number of methoxy groups -OCH3 is 5. The number of nitrogens with one attached hydrogen (secondary N) is 2. The molecule has 0 unspecified atom stereocenters. The average molecular weight is 2740 g/mol. The molecule has 0 aliphatic carbocycles. The summed E-state index contributed by atoms with van der Waals surface area (Å²) in [6.45, 7) is 58.3. The number of carbonyl (C=O) groups excluding carboxylic acids is 5. The number of aliphatic hydroxyl groups is 5. The van der Waals surface area contributed by atoms with E-state index in [0.717, 1.165) is 84.8 Å². The normalized spacial score (nSPS) is 12.1. The number of esters is 2. The van der Waals surface area contributed by atoms with Crippen LogP contribution in [0.15, 0.2) is 194 Å². The number of amides is 3. The molecule has 847 valence electrons. The maximum atomic E-state index is 11.7. The Labute approximate surface area is 1020 Å². The van der Waals surface area contributed by atoms with Gasteiger partial charge in [-0.25, -0.2) is 14.4 Å². The number of aliphatic carboxylic acids is 1. The van der Waals surface area contributed by atoms with Crippen LogP contribution >= 0.6 is 0 Å². The van der Waals surface area contributed by atoms with Crippen LogP contribution in [-0.4, -0.2) is 229 Å². The molecule has 8 aliphatic heterocycles. The Morgan fingerprint density at radius 1 is 0.260 bits per heavy atom. The summed E-state index contributed by atoms with van der Waals surface area (Å²) < 4.78 is 21.5. The van der Waals surface area contributed by atoms with Crippen molar-refractivity contribution in [3.05, 3.63) is 239 Å². The number of aryl methyl sites for hydroxylation is 8. The van der Waals surface area contributed by atoms with Crippen LogP contribution in [0, 0.1) is 132 Å². The van der Waals surface area contributed by atoms with E-state index in [1.54, 1.807) is 0 Å².